The average Bonchev–Trinajstić information content (AvgIpc) is 1.82. The second kappa shape index (κ2) is 3.13. The minimum Gasteiger partial charge on any atom is -0.493 e. The van der Waals surface area contributed by atoms with Crippen LogP contribution >= 0.6 is 0 Å². The van der Waals surface area contributed by atoms with Crippen LogP contribution in [0, 0.1) is 13.8 Å². The van der Waals surface area contributed by atoms with Crippen LogP contribution in [0.2, 0.25) is 0 Å². The van der Waals surface area contributed by atoms with Gasteiger partial charge in [-0.25, -0.2) is 4.98 Å². The van der Waals surface area contributed by atoms with Crippen molar-refractivity contribution in [3.05, 3.63) is 22.9 Å². The van der Waals surface area contributed by atoms with Crippen LogP contribution in [0.25, 0.3) is 0 Å². The number of hydrogen-bond acceptors (Lipinski definition) is 2. The molecular weight excluding hydrogens is 150 g/mol. The van der Waals surface area contributed by atoms with Crippen LogP contribution in [0.1, 0.15) is 36.6 Å². The molecule has 66 valence electrons. The van der Waals surface area contributed by atoms with Crippen LogP contribution < -0.4 is 0 Å². The van der Waals surface area contributed by atoms with Gasteiger partial charge in [0.05, 0.1) is 0 Å². The standard InChI is InChI=1S/C10H15NO/c1-6(2)10-7(3)5-9(12)11-8(10)4/h5-6H,1-4H3,(H,11,12). The highest BCUT2D eigenvalue weighted by atomic mass is 16.3. The molecule has 0 saturated carbocycles. The minimum absolute atomic E-state index is 0.120. The van der Waals surface area contributed by atoms with Crippen molar-refractivity contribution in [1.29, 1.82) is 0 Å². The monoisotopic (exact) mass is 165 g/mol. The van der Waals surface area contributed by atoms with E-state index in [1.54, 1.807) is 6.07 Å². The molecule has 2 nitrogen and oxygen atoms in total. The number of aryl methyl sites for hydroxylation is 2. The maximum absolute atomic E-state index is 9.19. The Balaban J connectivity index is 3.28. The Kier molecular flexibility index (Phi) is 2.36. The lowest BCUT2D eigenvalue weighted by atomic mass is 9.97. The smallest absolute Gasteiger partial charge is 0.211 e. The van der Waals surface area contributed by atoms with E-state index in [0.717, 1.165) is 11.3 Å². The summed E-state index contributed by atoms with van der Waals surface area (Å²) in [5.74, 6) is 0.590. The molecule has 1 rings (SSSR count). The third-order valence-electron chi connectivity index (χ3n) is 2.02. The molecule has 0 spiro atoms. The lowest BCUT2D eigenvalue weighted by Crippen LogP contribution is -1.98. The van der Waals surface area contributed by atoms with Crippen molar-refractivity contribution < 1.29 is 5.11 Å². The summed E-state index contributed by atoms with van der Waals surface area (Å²) >= 11 is 0. The maximum atomic E-state index is 9.19. The predicted molar refractivity (Wildman–Crippen MR) is 49.5 cm³/mol. The van der Waals surface area contributed by atoms with Crippen molar-refractivity contribution in [2.24, 2.45) is 0 Å². The molecule has 1 heterocycles. The molecule has 0 aromatic carbocycles. The molecule has 0 aliphatic rings. The molecule has 0 amide bonds. The van der Waals surface area contributed by atoms with Crippen LogP contribution in [0.5, 0.6) is 5.88 Å². The molecule has 0 fully saturated rings. The highest BCUT2D eigenvalue weighted by molar-refractivity contribution is 5.35. The van der Waals surface area contributed by atoms with Crippen LogP contribution in [-0.2, 0) is 0 Å². The molecule has 0 radical (unpaired) electrons. The highest BCUT2D eigenvalue weighted by Crippen LogP contribution is 2.24. The highest BCUT2D eigenvalue weighted by Gasteiger charge is 2.08. The molecule has 0 atom stereocenters. The molecule has 12 heavy (non-hydrogen) atoms. The summed E-state index contributed by atoms with van der Waals surface area (Å²) in [5.41, 5.74) is 3.30. The normalized spacial score (nSPS) is 10.8. The zero-order valence-electron chi connectivity index (χ0n) is 8.05. The second-order valence-corrected chi connectivity index (χ2v) is 3.45. The molecule has 2 heteroatoms. The summed E-state index contributed by atoms with van der Waals surface area (Å²) in [5, 5.41) is 9.19. The largest absolute Gasteiger partial charge is 0.493 e. The number of aromatic hydroxyl groups is 1. The zero-order chi connectivity index (χ0) is 9.30. The number of aromatic nitrogens is 1. The summed E-state index contributed by atoms with van der Waals surface area (Å²) in [6, 6.07) is 1.71. The average molecular weight is 165 g/mol. The number of pyridine rings is 1. The van der Waals surface area contributed by atoms with Crippen molar-refractivity contribution in [3.8, 4) is 5.88 Å². The molecule has 1 aromatic rings. The third kappa shape index (κ3) is 1.58. The lowest BCUT2D eigenvalue weighted by Gasteiger charge is -2.12. The molecule has 0 bridgehead atoms. The van der Waals surface area contributed by atoms with Crippen molar-refractivity contribution in [2.45, 2.75) is 33.6 Å². The Morgan fingerprint density at radius 3 is 2.33 bits per heavy atom. The molecule has 1 N–H and O–H groups in total. The van der Waals surface area contributed by atoms with Gasteiger partial charge in [0.2, 0.25) is 5.88 Å². The Hall–Kier alpha value is -1.05. The lowest BCUT2D eigenvalue weighted by molar-refractivity contribution is 0.450. The number of nitrogens with zero attached hydrogens (tertiary/aromatic N) is 1. The van der Waals surface area contributed by atoms with Gasteiger partial charge >= 0.3 is 0 Å². The van der Waals surface area contributed by atoms with Crippen LogP contribution in [0.15, 0.2) is 6.07 Å². The minimum atomic E-state index is 0.120. The van der Waals surface area contributed by atoms with E-state index >= 15 is 0 Å². The van der Waals surface area contributed by atoms with E-state index in [-0.39, 0.29) is 5.88 Å². The fraction of sp³-hybridized carbons (Fsp3) is 0.500. The van der Waals surface area contributed by atoms with E-state index in [4.69, 9.17) is 0 Å². The summed E-state index contributed by atoms with van der Waals surface area (Å²) in [4.78, 5) is 4.01. The molecule has 1 aromatic heterocycles. The van der Waals surface area contributed by atoms with Crippen LogP contribution in [-0.4, -0.2) is 10.1 Å². The zero-order valence-corrected chi connectivity index (χ0v) is 8.05. The van der Waals surface area contributed by atoms with Gasteiger partial charge in [0.15, 0.2) is 0 Å². The summed E-state index contributed by atoms with van der Waals surface area (Å²) in [6.07, 6.45) is 0. The van der Waals surface area contributed by atoms with Gasteiger partial charge in [-0.2, -0.15) is 0 Å². The van der Waals surface area contributed by atoms with E-state index in [1.807, 2.05) is 13.8 Å². The number of rotatable bonds is 1. The first kappa shape index (κ1) is 9.04. The quantitative estimate of drug-likeness (QED) is 0.693. The van der Waals surface area contributed by atoms with E-state index < -0.39 is 0 Å². The van der Waals surface area contributed by atoms with Gasteiger partial charge in [-0.1, -0.05) is 13.8 Å². The van der Waals surface area contributed by atoms with Gasteiger partial charge in [-0.05, 0) is 30.9 Å². The molecule has 0 unspecified atom stereocenters. The molecular formula is C10H15NO. The first-order valence-electron chi connectivity index (χ1n) is 4.19. The van der Waals surface area contributed by atoms with E-state index in [9.17, 15) is 5.11 Å². The molecule has 0 saturated heterocycles. The topological polar surface area (TPSA) is 33.1 Å². The molecule has 0 aliphatic carbocycles. The van der Waals surface area contributed by atoms with Gasteiger partial charge in [-0.3, -0.25) is 0 Å². The maximum Gasteiger partial charge on any atom is 0.211 e. The van der Waals surface area contributed by atoms with Crippen LogP contribution in [0.3, 0.4) is 0 Å². The van der Waals surface area contributed by atoms with Crippen LogP contribution in [0.4, 0.5) is 0 Å². The van der Waals surface area contributed by atoms with Gasteiger partial charge < -0.3 is 5.11 Å². The van der Waals surface area contributed by atoms with Gasteiger partial charge in [0.25, 0.3) is 0 Å². The van der Waals surface area contributed by atoms with E-state index in [0.29, 0.717) is 5.92 Å². The van der Waals surface area contributed by atoms with Gasteiger partial charge in [-0.15, -0.1) is 0 Å². The van der Waals surface area contributed by atoms with Crippen molar-refractivity contribution in [2.75, 3.05) is 0 Å². The second-order valence-electron chi connectivity index (χ2n) is 3.45. The fourth-order valence-electron chi connectivity index (χ4n) is 1.69. The van der Waals surface area contributed by atoms with Crippen molar-refractivity contribution >= 4 is 0 Å². The Bertz CT molecular complexity index is 269. The van der Waals surface area contributed by atoms with Crippen molar-refractivity contribution in [1.82, 2.24) is 4.98 Å². The Morgan fingerprint density at radius 1 is 1.33 bits per heavy atom. The summed E-state index contributed by atoms with van der Waals surface area (Å²) < 4.78 is 0. The first-order valence-corrected chi connectivity index (χ1v) is 4.19. The third-order valence-corrected chi connectivity index (χ3v) is 2.02. The van der Waals surface area contributed by atoms with E-state index in [1.165, 1.54) is 5.56 Å². The summed E-state index contributed by atoms with van der Waals surface area (Å²) in [7, 11) is 0. The van der Waals surface area contributed by atoms with Gasteiger partial charge in [0, 0.05) is 11.8 Å². The first-order chi connectivity index (χ1) is 5.52. The van der Waals surface area contributed by atoms with Crippen molar-refractivity contribution in [3.63, 3.8) is 0 Å². The SMILES string of the molecule is Cc1cc(O)nc(C)c1C(C)C. The Labute approximate surface area is 73.3 Å². The predicted octanol–water partition coefficient (Wildman–Crippen LogP) is 2.53. The van der Waals surface area contributed by atoms with E-state index in [2.05, 4.69) is 18.8 Å². The molecule has 0 aliphatic heterocycles. The summed E-state index contributed by atoms with van der Waals surface area (Å²) in [6.45, 7) is 8.20. The fourth-order valence-corrected chi connectivity index (χ4v) is 1.69. The number of hydrogen-bond donors (Lipinski definition) is 1. The Morgan fingerprint density at radius 2 is 1.92 bits per heavy atom. The van der Waals surface area contributed by atoms with Gasteiger partial charge in [0.1, 0.15) is 0 Å².